The Labute approximate surface area is 188 Å². The van der Waals surface area contributed by atoms with Gasteiger partial charge in [0.1, 0.15) is 6.73 Å². The summed E-state index contributed by atoms with van der Waals surface area (Å²) in [5.41, 5.74) is 7.50. The zero-order valence-electron chi connectivity index (χ0n) is 17.8. The highest BCUT2D eigenvalue weighted by Crippen LogP contribution is 2.38. The summed E-state index contributed by atoms with van der Waals surface area (Å²) in [6.45, 7) is 3.83. The molecule has 0 saturated carbocycles. The number of hydrogen-bond acceptors (Lipinski definition) is 4. The van der Waals surface area contributed by atoms with Crippen molar-refractivity contribution in [3.63, 3.8) is 0 Å². The molecule has 0 spiro atoms. The number of likely N-dealkylation sites (tertiary alicyclic amines) is 2. The fourth-order valence-corrected chi connectivity index (χ4v) is 5.19. The largest absolute Gasteiger partial charge is 0.433 e. The second-order valence-electron chi connectivity index (χ2n) is 8.64. The maximum atomic E-state index is 12.6. The summed E-state index contributed by atoms with van der Waals surface area (Å²) in [5, 5.41) is 0.776. The number of carbonyl (C=O) groups is 1. The van der Waals surface area contributed by atoms with Crippen LogP contribution in [0.4, 0.5) is 4.79 Å². The van der Waals surface area contributed by atoms with E-state index >= 15 is 0 Å². The molecule has 1 aliphatic carbocycles. The highest BCUT2D eigenvalue weighted by atomic mass is 35.5. The standard InChI is InChI=1S/C25H28ClN3O2/c26-21-7-8-22-20(16-21)6-5-19-4-3-11-27-24(19)23(22)18-9-14-29(15-10-18)25(30)31-17-28-12-1-2-13-28/h3-4,7-8,11,16H,1-2,5-6,9-10,12-15,17H2. The minimum absolute atomic E-state index is 0.192. The van der Waals surface area contributed by atoms with E-state index < -0.39 is 0 Å². The van der Waals surface area contributed by atoms with Gasteiger partial charge in [0.2, 0.25) is 0 Å². The number of rotatable bonds is 2. The van der Waals surface area contributed by atoms with Gasteiger partial charge in [-0.2, -0.15) is 0 Å². The second kappa shape index (κ2) is 9.01. The molecular formula is C25H28ClN3O2. The topological polar surface area (TPSA) is 45.7 Å². The first-order valence-corrected chi connectivity index (χ1v) is 11.7. The van der Waals surface area contributed by atoms with Crippen molar-refractivity contribution in [2.75, 3.05) is 32.9 Å². The first-order chi connectivity index (χ1) is 15.2. The zero-order chi connectivity index (χ0) is 21.2. The molecule has 162 valence electrons. The Morgan fingerprint density at radius 3 is 2.58 bits per heavy atom. The molecule has 1 amide bonds. The van der Waals surface area contributed by atoms with Gasteiger partial charge in [0.15, 0.2) is 0 Å². The van der Waals surface area contributed by atoms with Crippen LogP contribution in [0.5, 0.6) is 0 Å². The predicted molar refractivity (Wildman–Crippen MR) is 122 cm³/mol. The summed E-state index contributed by atoms with van der Waals surface area (Å²) in [6, 6.07) is 10.4. The van der Waals surface area contributed by atoms with Crippen molar-refractivity contribution in [3.8, 4) is 0 Å². The summed E-state index contributed by atoms with van der Waals surface area (Å²) in [7, 11) is 0. The van der Waals surface area contributed by atoms with Crippen LogP contribution in [0.1, 0.15) is 48.1 Å². The molecule has 5 rings (SSSR count). The van der Waals surface area contributed by atoms with E-state index in [9.17, 15) is 4.79 Å². The number of hydrogen-bond donors (Lipinski definition) is 0. The van der Waals surface area contributed by atoms with Crippen molar-refractivity contribution in [2.45, 2.75) is 38.5 Å². The van der Waals surface area contributed by atoms with Gasteiger partial charge in [-0.15, -0.1) is 0 Å². The normalized spacial score (nSPS) is 19.1. The highest BCUT2D eigenvalue weighted by Gasteiger charge is 2.27. The van der Waals surface area contributed by atoms with Crippen LogP contribution in [0.3, 0.4) is 0 Å². The molecule has 2 aliphatic heterocycles. The molecule has 1 aromatic heterocycles. The minimum atomic E-state index is -0.192. The lowest BCUT2D eigenvalue weighted by atomic mass is 9.88. The monoisotopic (exact) mass is 437 g/mol. The number of piperidine rings is 1. The van der Waals surface area contributed by atoms with Crippen LogP contribution >= 0.6 is 11.6 Å². The quantitative estimate of drug-likeness (QED) is 0.668. The van der Waals surface area contributed by atoms with E-state index in [1.54, 1.807) is 0 Å². The van der Waals surface area contributed by atoms with E-state index in [4.69, 9.17) is 21.3 Å². The average molecular weight is 438 g/mol. The van der Waals surface area contributed by atoms with Gasteiger partial charge in [0, 0.05) is 43.0 Å². The van der Waals surface area contributed by atoms with E-state index in [-0.39, 0.29) is 6.09 Å². The van der Waals surface area contributed by atoms with Gasteiger partial charge in [-0.1, -0.05) is 29.3 Å². The molecule has 3 aliphatic rings. The number of benzene rings is 1. The maximum absolute atomic E-state index is 12.6. The van der Waals surface area contributed by atoms with Crippen LogP contribution in [0.25, 0.3) is 5.57 Å². The fourth-order valence-electron chi connectivity index (χ4n) is 4.99. The van der Waals surface area contributed by atoms with E-state index in [1.807, 2.05) is 23.2 Å². The fraction of sp³-hybridized carbons (Fsp3) is 0.440. The van der Waals surface area contributed by atoms with Crippen molar-refractivity contribution < 1.29 is 9.53 Å². The molecular weight excluding hydrogens is 410 g/mol. The molecule has 6 heteroatoms. The van der Waals surface area contributed by atoms with E-state index in [0.717, 1.165) is 49.5 Å². The number of amides is 1. The lowest BCUT2D eigenvalue weighted by molar-refractivity contribution is 0.0521. The van der Waals surface area contributed by atoms with E-state index in [0.29, 0.717) is 19.8 Å². The molecule has 2 aromatic rings. The van der Waals surface area contributed by atoms with E-state index in [2.05, 4.69) is 23.1 Å². The number of nitrogens with zero attached hydrogens (tertiary/aromatic N) is 3. The van der Waals surface area contributed by atoms with Gasteiger partial charge >= 0.3 is 6.09 Å². The van der Waals surface area contributed by atoms with Gasteiger partial charge in [-0.3, -0.25) is 9.88 Å². The highest BCUT2D eigenvalue weighted by molar-refractivity contribution is 6.30. The third-order valence-electron chi connectivity index (χ3n) is 6.68. The second-order valence-corrected chi connectivity index (χ2v) is 9.08. The Bertz CT molecular complexity index is 1000. The Morgan fingerprint density at radius 2 is 1.77 bits per heavy atom. The number of aromatic nitrogens is 1. The van der Waals surface area contributed by atoms with Crippen LogP contribution in [0.15, 0.2) is 42.1 Å². The molecule has 0 radical (unpaired) electrons. The van der Waals surface area contributed by atoms with Gasteiger partial charge in [-0.25, -0.2) is 4.79 Å². The number of carbonyl (C=O) groups excluding carboxylic acids is 1. The summed E-state index contributed by atoms with van der Waals surface area (Å²) in [4.78, 5) is 21.4. The van der Waals surface area contributed by atoms with E-state index in [1.165, 1.54) is 40.7 Å². The van der Waals surface area contributed by atoms with Gasteiger partial charge in [0.25, 0.3) is 0 Å². The van der Waals surface area contributed by atoms with Crippen molar-refractivity contribution in [1.29, 1.82) is 0 Å². The first-order valence-electron chi connectivity index (χ1n) is 11.3. The Hall–Kier alpha value is -2.37. The summed E-state index contributed by atoms with van der Waals surface area (Å²) in [6.07, 6.45) is 7.68. The van der Waals surface area contributed by atoms with Crippen LogP contribution in [-0.2, 0) is 17.6 Å². The van der Waals surface area contributed by atoms with Gasteiger partial charge < -0.3 is 9.64 Å². The SMILES string of the molecule is O=C(OCN1CCCC1)N1CCC(=C2c3ccc(Cl)cc3CCc3cccnc32)CC1. The lowest BCUT2D eigenvalue weighted by Gasteiger charge is -2.30. The molecule has 5 nitrogen and oxygen atoms in total. The molecule has 0 N–H and O–H groups in total. The number of halogens is 1. The average Bonchev–Trinajstić information content (AvgIpc) is 3.26. The van der Waals surface area contributed by atoms with Crippen LogP contribution in [-0.4, -0.2) is 53.8 Å². The summed E-state index contributed by atoms with van der Waals surface area (Å²) >= 11 is 6.31. The molecule has 3 heterocycles. The molecule has 0 bridgehead atoms. The number of pyridine rings is 1. The summed E-state index contributed by atoms with van der Waals surface area (Å²) in [5.74, 6) is 0. The van der Waals surface area contributed by atoms with Crippen molar-refractivity contribution in [3.05, 3.63) is 69.5 Å². The van der Waals surface area contributed by atoms with Crippen molar-refractivity contribution in [1.82, 2.24) is 14.8 Å². The van der Waals surface area contributed by atoms with Crippen LogP contribution < -0.4 is 0 Å². The lowest BCUT2D eigenvalue weighted by Crippen LogP contribution is -2.39. The van der Waals surface area contributed by atoms with Gasteiger partial charge in [-0.05, 0) is 73.4 Å². The number of fused-ring (bicyclic) bond motifs is 2. The third-order valence-corrected chi connectivity index (χ3v) is 6.91. The zero-order valence-corrected chi connectivity index (χ0v) is 18.5. The van der Waals surface area contributed by atoms with Crippen molar-refractivity contribution >= 4 is 23.3 Å². The smallest absolute Gasteiger partial charge is 0.411 e. The predicted octanol–water partition coefficient (Wildman–Crippen LogP) is 4.92. The minimum Gasteiger partial charge on any atom is -0.433 e. The Balaban J connectivity index is 1.38. The first kappa shape index (κ1) is 20.5. The van der Waals surface area contributed by atoms with Crippen LogP contribution in [0, 0.1) is 0 Å². The number of ether oxygens (including phenoxy) is 1. The molecule has 2 saturated heterocycles. The third kappa shape index (κ3) is 4.35. The van der Waals surface area contributed by atoms with Crippen LogP contribution in [0.2, 0.25) is 5.02 Å². The molecule has 31 heavy (non-hydrogen) atoms. The van der Waals surface area contributed by atoms with Gasteiger partial charge in [0.05, 0.1) is 5.69 Å². The molecule has 1 aromatic carbocycles. The molecule has 0 unspecified atom stereocenters. The Morgan fingerprint density at radius 1 is 1.00 bits per heavy atom. The maximum Gasteiger partial charge on any atom is 0.411 e. The molecule has 2 fully saturated rings. The van der Waals surface area contributed by atoms with Crippen molar-refractivity contribution in [2.24, 2.45) is 0 Å². The number of aryl methyl sites for hydroxylation is 2. The summed E-state index contributed by atoms with van der Waals surface area (Å²) < 4.78 is 5.56. The Kier molecular flexibility index (Phi) is 5.97. The molecule has 0 atom stereocenters.